The minimum atomic E-state index is -3.59. The molecular weight excluding hydrogens is 296 g/mol. The summed E-state index contributed by atoms with van der Waals surface area (Å²) in [6.45, 7) is 2.38. The van der Waals surface area contributed by atoms with Crippen LogP contribution in [0.3, 0.4) is 0 Å². The number of nitrogens with one attached hydrogen (secondary N) is 1. The number of fused-ring (bicyclic) bond motifs is 1. The fraction of sp³-hybridized carbons (Fsp3) is 0.462. The summed E-state index contributed by atoms with van der Waals surface area (Å²) in [4.78, 5) is 11.8. The number of hydrogen-bond acceptors (Lipinski definition) is 6. The standard InChI is InChI=1S/C13H18N2O5S/c1-2-19-13(16)12-8-9-7-10(3-4-11(9)20-12)21(17,18)15-6-5-14/h3-4,7,12,15H,2,5-6,8,14H2,1H3. The van der Waals surface area contributed by atoms with Crippen LogP contribution in [0.25, 0.3) is 0 Å². The van der Waals surface area contributed by atoms with Gasteiger partial charge >= 0.3 is 5.97 Å². The fourth-order valence-electron chi connectivity index (χ4n) is 2.04. The zero-order chi connectivity index (χ0) is 15.5. The lowest BCUT2D eigenvalue weighted by atomic mass is 10.1. The van der Waals surface area contributed by atoms with Gasteiger partial charge in [0.1, 0.15) is 5.75 Å². The predicted molar refractivity (Wildman–Crippen MR) is 75.4 cm³/mol. The molecule has 0 amide bonds. The maximum Gasteiger partial charge on any atom is 0.347 e. The molecule has 1 aromatic carbocycles. The maximum absolute atomic E-state index is 12.0. The van der Waals surface area contributed by atoms with Gasteiger partial charge in [0.15, 0.2) is 6.10 Å². The van der Waals surface area contributed by atoms with Crippen LogP contribution in [0.15, 0.2) is 23.1 Å². The summed E-state index contributed by atoms with van der Waals surface area (Å²) in [6.07, 6.45) is -0.413. The average molecular weight is 314 g/mol. The van der Waals surface area contributed by atoms with Crippen molar-refractivity contribution in [2.45, 2.75) is 24.3 Å². The number of sulfonamides is 1. The first-order valence-corrected chi connectivity index (χ1v) is 8.12. The molecule has 2 rings (SSSR count). The molecule has 8 heteroatoms. The molecule has 0 saturated heterocycles. The van der Waals surface area contributed by atoms with Gasteiger partial charge in [-0.1, -0.05) is 0 Å². The molecular formula is C13H18N2O5S. The van der Waals surface area contributed by atoms with Crippen molar-refractivity contribution in [1.82, 2.24) is 4.72 Å². The molecule has 0 saturated carbocycles. The van der Waals surface area contributed by atoms with Crippen molar-refractivity contribution in [3.05, 3.63) is 23.8 Å². The number of rotatable bonds is 6. The van der Waals surface area contributed by atoms with Gasteiger partial charge in [0, 0.05) is 19.5 Å². The Morgan fingerprint density at radius 3 is 2.95 bits per heavy atom. The summed E-state index contributed by atoms with van der Waals surface area (Å²) in [5.74, 6) is 0.0604. The second-order valence-electron chi connectivity index (χ2n) is 4.52. The van der Waals surface area contributed by atoms with Crippen molar-refractivity contribution in [2.75, 3.05) is 19.7 Å². The molecule has 0 aromatic heterocycles. The molecule has 1 aromatic rings. The summed E-state index contributed by atoms with van der Waals surface area (Å²) in [5, 5.41) is 0. The number of hydrogen-bond donors (Lipinski definition) is 2. The second kappa shape index (κ2) is 6.42. The summed E-state index contributed by atoms with van der Waals surface area (Å²) in [6, 6.07) is 4.49. The van der Waals surface area contributed by atoms with E-state index in [1.165, 1.54) is 12.1 Å². The van der Waals surface area contributed by atoms with Crippen molar-refractivity contribution in [3.63, 3.8) is 0 Å². The minimum absolute atomic E-state index is 0.128. The molecule has 0 spiro atoms. The smallest absolute Gasteiger partial charge is 0.347 e. The maximum atomic E-state index is 12.0. The third kappa shape index (κ3) is 3.52. The zero-order valence-corrected chi connectivity index (χ0v) is 12.5. The number of nitrogens with two attached hydrogens (primary N) is 1. The molecule has 0 aliphatic carbocycles. The van der Waals surface area contributed by atoms with Crippen LogP contribution >= 0.6 is 0 Å². The van der Waals surface area contributed by atoms with E-state index in [1.807, 2.05) is 0 Å². The van der Waals surface area contributed by atoms with Crippen LogP contribution in [-0.4, -0.2) is 40.2 Å². The highest BCUT2D eigenvalue weighted by Crippen LogP contribution is 2.31. The molecule has 3 N–H and O–H groups in total. The lowest BCUT2D eigenvalue weighted by Gasteiger charge is -2.08. The minimum Gasteiger partial charge on any atom is -0.478 e. The van der Waals surface area contributed by atoms with E-state index >= 15 is 0 Å². The first-order chi connectivity index (χ1) is 9.97. The predicted octanol–water partition coefficient (Wildman–Crippen LogP) is -0.210. The van der Waals surface area contributed by atoms with E-state index in [1.54, 1.807) is 13.0 Å². The average Bonchev–Trinajstić information content (AvgIpc) is 2.88. The van der Waals surface area contributed by atoms with E-state index in [4.69, 9.17) is 15.2 Å². The SMILES string of the molecule is CCOC(=O)C1Cc2cc(S(=O)(=O)NCCN)ccc2O1. The Kier molecular flexibility index (Phi) is 4.81. The van der Waals surface area contributed by atoms with Gasteiger partial charge in [-0.25, -0.2) is 17.9 Å². The third-order valence-corrected chi connectivity index (χ3v) is 4.46. The zero-order valence-electron chi connectivity index (χ0n) is 11.7. The van der Waals surface area contributed by atoms with E-state index in [0.29, 0.717) is 17.7 Å². The Bertz CT molecular complexity index is 629. The largest absolute Gasteiger partial charge is 0.478 e. The van der Waals surface area contributed by atoms with E-state index < -0.39 is 22.1 Å². The van der Waals surface area contributed by atoms with Gasteiger partial charge in [0.05, 0.1) is 11.5 Å². The third-order valence-electron chi connectivity index (χ3n) is 3.00. The van der Waals surface area contributed by atoms with Gasteiger partial charge in [-0.15, -0.1) is 0 Å². The normalized spacial score (nSPS) is 17.1. The molecule has 0 fully saturated rings. The molecule has 1 aliphatic rings. The highest BCUT2D eigenvalue weighted by Gasteiger charge is 2.31. The number of esters is 1. The molecule has 0 radical (unpaired) electrons. The molecule has 116 valence electrons. The van der Waals surface area contributed by atoms with Crippen LogP contribution in [0, 0.1) is 0 Å². The first-order valence-electron chi connectivity index (χ1n) is 6.64. The molecule has 1 atom stereocenters. The van der Waals surface area contributed by atoms with Crippen LogP contribution in [-0.2, 0) is 26.0 Å². The number of carbonyl (C=O) groups is 1. The lowest BCUT2D eigenvalue weighted by molar-refractivity contribution is -0.150. The quantitative estimate of drug-likeness (QED) is 0.704. The van der Waals surface area contributed by atoms with E-state index in [-0.39, 0.29) is 24.6 Å². The molecule has 1 unspecified atom stereocenters. The summed E-state index contributed by atoms with van der Waals surface area (Å²) in [5.41, 5.74) is 5.96. The van der Waals surface area contributed by atoms with Gasteiger partial charge in [-0.2, -0.15) is 0 Å². The van der Waals surface area contributed by atoms with Gasteiger partial charge in [0.25, 0.3) is 0 Å². The van der Waals surface area contributed by atoms with Crippen molar-refractivity contribution in [2.24, 2.45) is 5.73 Å². The van der Waals surface area contributed by atoms with Crippen molar-refractivity contribution >= 4 is 16.0 Å². The Morgan fingerprint density at radius 1 is 1.52 bits per heavy atom. The van der Waals surface area contributed by atoms with Crippen LogP contribution in [0.2, 0.25) is 0 Å². The topological polar surface area (TPSA) is 108 Å². The molecule has 21 heavy (non-hydrogen) atoms. The highest BCUT2D eigenvalue weighted by atomic mass is 32.2. The van der Waals surface area contributed by atoms with E-state index in [0.717, 1.165) is 0 Å². The number of ether oxygens (including phenoxy) is 2. The monoisotopic (exact) mass is 314 g/mol. The Morgan fingerprint density at radius 2 is 2.29 bits per heavy atom. The molecule has 1 heterocycles. The first kappa shape index (κ1) is 15.7. The van der Waals surface area contributed by atoms with E-state index in [9.17, 15) is 13.2 Å². The van der Waals surface area contributed by atoms with Crippen LogP contribution < -0.4 is 15.2 Å². The van der Waals surface area contributed by atoms with Gasteiger partial charge in [-0.3, -0.25) is 0 Å². The summed E-state index contributed by atoms with van der Waals surface area (Å²) in [7, 11) is -3.59. The molecule has 1 aliphatic heterocycles. The van der Waals surface area contributed by atoms with Crippen LogP contribution in [0.4, 0.5) is 0 Å². The fourth-order valence-corrected chi connectivity index (χ4v) is 3.13. The second-order valence-corrected chi connectivity index (χ2v) is 6.29. The van der Waals surface area contributed by atoms with Crippen molar-refractivity contribution in [3.8, 4) is 5.75 Å². The Labute approximate surface area is 123 Å². The van der Waals surface area contributed by atoms with Crippen molar-refractivity contribution in [1.29, 1.82) is 0 Å². The molecule has 7 nitrogen and oxygen atoms in total. The van der Waals surface area contributed by atoms with Gasteiger partial charge < -0.3 is 15.2 Å². The Balaban J connectivity index is 2.16. The van der Waals surface area contributed by atoms with Gasteiger partial charge in [0.2, 0.25) is 10.0 Å². The summed E-state index contributed by atoms with van der Waals surface area (Å²) < 4.78 is 36.8. The summed E-state index contributed by atoms with van der Waals surface area (Å²) >= 11 is 0. The number of benzene rings is 1. The van der Waals surface area contributed by atoms with E-state index in [2.05, 4.69) is 4.72 Å². The molecule has 0 bridgehead atoms. The highest BCUT2D eigenvalue weighted by molar-refractivity contribution is 7.89. The van der Waals surface area contributed by atoms with Crippen LogP contribution in [0.1, 0.15) is 12.5 Å². The Hall–Kier alpha value is -1.64. The van der Waals surface area contributed by atoms with Crippen LogP contribution in [0.5, 0.6) is 5.75 Å². The van der Waals surface area contributed by atoms with Gasteiger partial charge in [-0.05, 0) is 30.7 Å². The lowest BCUT2D eigenvalue weighted by Crippen LogP contribution is -2.29. The number of carbonyl (C=O) groups excluding carboxylic acids is 1. The van der Waals surface area contributed by atoms with Crippen molar-refractivity contribution < 1.29 is 22.7 Å².